The van der Waals surface area contributed by atoms with Gasteiger partial charge in [-0.25, -0.2) is 0 Å². The van der Waals surface area contributed by atoms with Crippen LogP contribution in [0.1, 0.15) is 75.4 Å². The molecule has 0 aliphatic heterocycles. The van der Waals surface area contributed by atoms with Crippen molar-refractivity contribution in [3.8, 4) is 22.9 Å². The Kier molecular flexibility index (Phi) is 7.34. The highest BCUT2D eigenvalue weighted by atomic mass is 32.2. The van der Waals surface area contributed by atoms with Gasteiger partial charge < -0.3 is 14.0 Å². The monoisotopic (exact) mass is 457 g/mol. The molecule has 2 aromatic heterocycles. The van der Waals surface area contributed by atoms with Crippen LogP contribution in [0.25, 0.3) is 11.4 Å². The number of hydrogen-bond acceptors (Lipinski definition) is 8. The van der Waals surface area contributed by atoms with Gasteiger partial charge in [-0.05, 0) is 44.4 Å². The number of aromatic nitrogens is 5. The maximum absolute atomic E-state index is 5.52. The molecule has 0 amide bonds. The van der Waals surface area contributed by atoms with E-state index in [4.69, 9.17) is 14.0 Å². The maximum atomic E-state index is 5.52. The summed E-state index contributed by atoms with van der Waals surface area (Å²) < 4.78 is 18.7. The third-order valence-electron chi connectivity index (χ3n) is 5.83. The summed E-state index contributed by atoms with van der Waals surface area (Å²) in [6.45, 7) is 4.18. The first kappa shape index (κ1) is 22.6. The first-order valence-corrected chi connectivity index (χ1v) is 12.2. The van der Waals surface area contributed by atoms with Crippen molar-refractivity contribution >= 4 is 11.8 Å². The van der Waals surface area contributed by atoms with Crippen molar-refractivity contribution in [2.45, 2.75) is 75.2 Å². The van der Waals surface area contributed by atoms with Crippen LogP contribution in [0.15, 0.2) is 27.9 Å². The van der Waals surface area contributed by atoms with E-state index >= 15 is 0 Å². The third kappa shape index (κ3) is 4.77. The van der Waals surface area contributed by atoms with Crippen LogP contribution in [0, 0.1) is 0 Å². The molecular formula is C23H31N5O3S. The number of aryl methyl sites for hydroxylation is 1. The van der Waals surface area contributed by atoms with Crippen LogP contribution in [0.4, 0.5) is 0 Å². The van der Waals surface area contributed by atoms with Gasteiger partial charge in [-0.1, -0.05) is 43.1 Å². The summed E-state index contributed by atoms with van der Waals surface area (Å²) in [5.74, 6) is 3.62. The van der Waals surface area contributed by atoms with Crippen LogP contribution in [-0.2, 0) is 6.42 Å². The summed E-state index contributed by atoms with van der Waals surface area (Å²) in [5.41, 5.74) is 0.961. The molecule has 1 aliphatic carbocycles. The molecule has 1 aliphatic rings. The van der Waals surface area contributed by atoms with E-state index in [1.165, 1.54) is 19.3 Å². The van der Waals surface area contributed by atoms with E-state index in [0.29, 0.717) is 23.4 Å². The lowest BCUT2D eigenvalue weighted by Crippen LogP contribution is -2.15. The minimum atomic E-state index is -0.0158. The molecule has 1 atom stereocenters. The molecule has 0 N–H and O–H groups in total. The van der Waals surface area contributed by atoms with Gasteiger partial charge in [0.1, 0.15) is 0 Å². The van der Waals surface area contributed by atoms with Gasteiger partial charge in [-0.15, -0.1) is 10.2 Å². The van der Waals surface area contributed by atoms with E-state index < -0.39 is 0 Å². The summed E-state index contributed by atoms with van der Waals surface area (Å²) in [4.78, 5) is 4.56. The number of hydrogen-bond donors (Lipinski definition) is 0. The zero-order valence-electron chi connectivity index (χ0n) is 19.2. The molecule has 1 unspecified atom stereocenters. The highest BCUT2D eigenvalue weighted by molar-refractivity contribution is 7.99. The second kappa shape index (κ2) is 10.4. The Balaban J connectivity index is 1.67. The first-order valence-electron chi connectivity index (χ1n) is 11.3. The molecule has 1 saturated carbocycles. The Morgan fingerprint density at radius 3 is 2.62 bits per heavy atom. The number of methoxy groups -OCH3 is 2. The Hall–Kier alpha value is -2.55. The van der Waals surface area contributed by atoms with Crippen LogP contribution in [0.2, 0.25) is 0 Å². The van der Waals surface area contributed by atoms with Crippen LogP contribution in [0.3, 0.4) is 0 Å². The fourth-order valence-electron chi connectivity index (χ4n) is 4.16. The maximum Gasteiger partial charge on any atom is 0.239 e. The Labute approximate surface area is 193 Å². The number of thioether (sulfide) groups is 1. The van der Waals surface area contributed by atoms with Gasteiger partial charge in [0.2, 0.25) is 5.89 Å². The lowest BCUT2D eigenvalue weighted by Gasteiger charge is -2.26. The summed E-state index contributed by atoms with van der Waals surface area (Å²) in [6, 6.07) is 6.26. The molecule has 1 fully saturated rings. The van der Waals surface area contributed by atoms with Gasteiger partial charge in [-0.2, -0.15) is 4.98 Å². The summed E-state index contributed by atoms with van der Waals surface area (Å²) >= 11 is 1.62. The molecule has 0 bridgehead atoms. The van der Waals surface area contributed by atoms with Crippen molar-refractivity contribution in [2.75, 3.05) is 14.2 Å². The second-order valence-electron chi connectivity index (χ2n) is 8.10. The number of rotatable bonds is 9. The fraction of sp³-hybridized carbons (Fsp3) is 0.565. The molecule has 3 aromatic rings. The Bertz CT molecular complexity index is 1030. The van der Waals surface area contributed by atoms with Gasteiger partial charge in [0.15, 0.2) is 28.3 Å². The third-order valence-corrected chi connectivity index (χ3v) is 6.88. The lowest BCUT2D eigenvalue weighted by molar-refractivity contribution is 0.338. The van der Waals surface area contributed by atoms with Crippen molar-refractivity contribution in [2.24, 2.45) is 0 Å². The Morgan fingerprint density at radius 2 is 1.91 bits per heavy atom. The van der Waals surface area contributed by atoms with Crippen molar-refractivity contribution in [3.63, 3.8) is 0 Å². The average Bonchev–Trinajstić information content (AvgIpc) is 3.47. The van der Waals surface area contributed by atoms with E-state index in [9.17, 15) is 0 Å². The largest absolute Gasteiger partial charge is 0.493 e. The predicted octanol–water partition coefficient (Wildman–Crippen LogP) is 5.66. The molecule has 0 saturated heterocycles. The van der Waals surface area contributed by atoms with Crippen LogP contribution in [-0.4, -0.2) is 39.1 Å². The molecule has 8 nitrogen and oxygen atoms in total. The number of benzene rings is 1. The minimum absolute atomic E-state index is 0.0158. The Morgan fingerprint density at radius 1 is 1.12 bits per heavy atom. The summed E-state index contributed by atoms with van der Waals surface area (Å²) in [6.07, 6.45) is 7.79. The first-order chi connectivity index (χ1) is 15.6. The van der Waals surface area contributed by atoms with Crippen LogP contribution >= 0.6 is 11.8 Å². The minimum Gasteiger partial charge on any atom is -0.493 e. The second-order valence-corrected chi connectivity index (χ2v) is 9.40. The summed E-state index contributed by atoms with van der Waals surface area (Å²) in [7, 11) is 3.29. The average molecular weight is 458 g/mol. The normalized spacial score (nSPS) is 15.6. The van der Waals surface area contributed by atoms with Gasteiger partial charge in [-0.3, -0.25) is 4.57 Å². The standard InChI is InChI=1S/C23H31N5O3S/c1-5-9-20-24-22(31-27-20)15(2)32-23-26-25-21(28(23)17-10-7-6-8-11-17)16-12-13-18(29-3)19(14-16)30-4/h12-15,17H,5-11H2,1-4H3. The molecule has 1 aromatic carbocycles. The van der Waals surface area contributed by atoms with Crippen molar-refractivity contribution in [1.82, 2.24) is 24.9 Å². The molecule has 2 heterocycles. The number of nitrogens with zero attached hydrogens (tertiary/aromatic N) is 5. The van der Waals surface area contributed by atoms with Crippen LogP contribution < -0.4 is 9.47 Å². The highest BCUT2D eigenvalue weighted by Crippen LogP contribution is 2.41. The highest BCUT2D eigenvalue weighted by Gasteiger charge is 2.27. The lowest BCUT2D eigenvalue weighted by atomic mass is 9.95. The zero-order valence-corrected chi connectivity index (χ0v) is 20.0. The van der Waals surface area contributed by atoms with E-state index in [-0.39, 0.29) is 5.25 Å². The van der Waals surface area contributed by atoms with E-state index in [2.05, 4.69) is 38.8 Å². The van der Waals surface area contributed by atoms with E-state index in [0.717, 1.165) is 48.1 Å². The van der Waals surface area contributed by atoms with Gasteiger partial charge in [0, 0.05) is 18.0 Å². The van der Waals surface area contributed by atoms with Gasteiger partial charge in [0.25, 0.3) is 0 Å². The molecule has 9 heteroatoms. The van der Waals surface area contributed by atoms with Crippen molar-refractivity contribution < 1.29 is 14.0 Å². The van der Waals surface area contributed by atoms with Gasteiger partial charge in [0.05, 0.1) is 19.5 Å². The molecule has 0 radical (unpaired) electrons. The zero-order chi connectivity index (χ0) is 22.5. The molecular weight excluding hydrogens is 426 g/mol. The molecule has 32 heavy (non-hydrogen) atoms. The van der Waals surface area contributed by atoms with Crippen LogP contribution in [0.5, 0.6) is 11.5 Å². The molecule has 4 rings (SSSR count). The number of ether oxygens (including phenoxy) is 2. The smallest absolute Gasteiger partial charge is 0.239 e. The predicted molar refractivity (Wildman–Crippen MR) is 123 cm³/mol. The van der Waals surface area contributed by atoms with Crippen molar-refractivity contribution in [3.05, 3.63) is 29.9 Å². The van der Waals surface area contributed by atoms with Crippen molar-refractivity contribution in [1.29, 1.82) is 0 Å². The SMILES string of the molecule is CCCc1noc(C(C)Sc2nnc(-c3ccc(OC)c(OC)c3)n2C2CCCCC2)n1. The summed E-state index contributed by atoms with van der Waals surface area (Å²) in [5, 5.41) is 14.2. The van der Waals surface area contributed by atoms with E-state index in [1.807, 2.05) is 18.2 Å². The molecule has 172 valence electrons. The topological polar surface area (TPSA) is 88.1 Å². The molecule has 0 spiro atoms. The fourth-order valence-corrected chi connectivity index (χ4v) is 5.11. The quantitative estimate of drug-likeness (QED) is 0.381. The van der Waals surface area contributed by atoms with Gasteiger partial charge >= 0.3 is 0 Å². The van der Waals surface area contributed by atoms with E-state index in [1.54, 1.807) is 26.0 Å².